The summed E-state index contributed by atoms with van der Waals surface area (Å²) in [6.07, 6.45) is -1.20. The number of carbonyl (C=O) groups is 8. The second-order valence-corrected chi connectivity index (χ2v) is 30.3. The lowest BCUT2D eigenvalue weighted by Gasteiger charge is -2.29. The molecule has 10 bridgehead atoms. The van der Waals surface area contributed by atoms with Crippen molar-refractivity contribution in [3.63, 3.8) is 0 Å². The van der Waals surface area contributed by atoms with Crippen molar-refractivity contribution in [3.05, 3.63) is 147 Å². The molecule has 2 aliphatic heterocycles. The molecule has 532 valence electrons. The average molecular weight is 1500 g/mol. The van der Waals surface area contributed by atoms with Crippen LogP contribution in [0.15, 0.2) is 93.6 Å². The zero-order valence-corrected chi connectivity index (χ0v) is 60.1. The molecule has 2 aromatic carbocycles. The van der Waals surface area contributed by atoms with Crippen LogP contribution in [0.2, 0.25) is 0 Å². The molecule has 1 aliphatic carbocycles. The molecule has 1 unspecified atom stereocenters. The van der Waals surface area contributed by atoms with Crippen LogP contribution in [0.1, 0.15) is 143 Å². The minimum absolute atomic E-state index is 0.0409. The Bertz CT molecular complexity index is 4550. The fourth-order valence-electron chi connectivity index (χ4n) is 12.1. The van der Waals surface area contributed by atoms with Crippen molar-refractivity contribution >= 4 is 115 Å². The van der Waals surface area contributed by atoms with Gasteiger partial charge in [0, 0.05) is 75.9 Å². The summed E-state index contributed by atoms with van der Waals surface area (Å²) in [5.74, 6) is -5.89. The number of methoxy groups -OCH3 is 1. The van der Waals surface area contributed by atoms with E-state index in [1.807, 2.05) is 13.8 Å². The third-order valence-corrected chi connectivity index (χ3v) is 23.0. The number of hydrogen-bond donors (Lipinski definition) is 9. The summed E-state index contributed by atoms with van der Waals surface area (Å²) in [4.78, 5) is 146. The van der Waals surface area contributed by atoms with Crippen molar-refractivity contribution in [1.82, 2.24) is 66.4 Å². The third-order valence-electron chi connectivity index (χ3n) is 17.4. The summed E-state index contributed by atoms with van der Waals surface area (Å²) in [7, 11) is 1.58. The number of carboxylic acids is 1. The molecule has 28 nitrogen and oxygen atoms in total. The first kappa shape index (κ1) is 72.6. The number of aryl methyl sites for hydroxylation is 1. The van der Waals surface area contributed by atoms with Gasteiger partial charge in [-0.25, -0.2) is 34.9 Å². The van der Waals surface area contributed by atoms with Crippen LogP contribution in [-0.4, -0.2) is 167 Å². The fourth-order valence-corrected chi connectivity index (χ4v) is 17.4. The van der Waals surface area contributed by atoms with Gasteiger partial charge in [-0.15, -0.1) is 68.0 Å². The monoisotopic (exact) mass is 1500 g/mol. The maximum absolute atomic E-state index is 15.5. The SMILES string of the molecule is COCC(C)OCCNC(=O)COc1ccc(C[C@@H]2NC(=O)c3csc(n3)[C@H]([C@H](O)c3ccccc3)NC(=O)c3nc(sc3C)[C@H](CC(N)=O)NC(=O)c3csc(n3)-c3ccc(-c4nc(C(=O)NC5CCC(C(=O)O)CC5)cs4)nc3-c3csc(n3)-c3csc(n3)[C@@H]3[C@@H](C)[C@@H](O)CN3C2=O)cc1. The number of benzene rings is 2. The van der Waals surface area contributed by atoms with E-state index in [2.05, 4.69) is 41.5 Å². The highest BCUT2D eigenvalue weighted by atomic mass is 32.1. The maximum atomic E-state index is 15.5. The lowest BCUT2D eigenvalue weighted by Crippen LogP contribution is -2.50. The van der Waals surface area contributed by atoms with Crippen molar-refractivity contribution in [2.75, 3.05) is 40.0 Å². The van der Waals surface area contributed by atoms with Crippen LogP contribution >= 0.6 is 68.0 Å². The van der Waals surface area contributed by atoms with Crippen LogP contribution in [-0.2, 0) is 35.1 Å². The quantitative estimate of drug-likeness (QED) is 0.0354. The number of aliphatic hydroxyl groups is 2. The van der Waals surface area contributed by atoms with E-state index < -0.39 is 96.0 Å². The first-order valence-electron chi connectivity index (χ1n) is 32.5. The number of carboxylic acid groups (broad SMARTS) is 1. The summed E-state index contributed by atoms with van der Waals surface area (Å²) in [6, 6.07) is 13.8. The third kappa shape index (κ3) is 16.9. The molecule has 9 heterocycles. The van der Waals surface area contributed by atoms with Crippen molar-refractivity contribution < 1.29 is 67.9 Å². The van der Waals surface area contributed by atoms with Gasteiger partial charge in [-0.3, -0.25) is 38.4 Å². The van der Waals surface area contributed by atoms with E-state index in [1.54, 1.807) is 96.9 Å². The topological polar surface area (TPSA) is 405 Å². The summed E-state index contributed by atoms with van der Waals surface area (Å²) in [5.41, 5.74) is 8.60. The molecular formula is C68H70N14O14S6. The lowest BCUT2D eigenvalue weighted by atomic mass is 9.86. The van der Waals surface area contributed by atoms with E-state index in [0.29, 0.717) is 102 Å². The number of aliphatic hydroxyl groups excluding tert-OH is 2. The van der Waals surface area contributed by atoms with Gasteiger partial charge in [-0.1, -0.05) is 49.4 Å². The summed E-state index contributed by atoms with van der Waals surface area (Å²) in [6.45, 7) is 5.81. The van der Waals surface area contributed by atoms with E-state index in [1.165, 1.54) is 49.7 Å². The first-order valence-corrected chi connectivity index (χ1v) is 37.7. The first-order chi connectivity index (χ1) is 49.1. The highest BCUT2D eigenvalue weighted by Crippen LogP contribution is 2.43. The van der Waals surface area contributed by atoms with Gasteiger partial charge in [0.25, 0.3) is 29.5 Å². The molecule has 34 heteroatoms. The van der Waals surface area contributed by atoms with Gasteiger partial charge in [0.15, 0.2) is 6.61 Å². The number of primary amides is 1. The summed E-state index contributed by atoms with van der Waals surface area (Å²) < 4.78 is 16.5. The minimum Gasteiger partial charge on any atom is -0.484 e. The number of nitrogens with one attached hydrogen (secondary N) is 5. The Labute approximate surface area is 607 Å². The Morgan fingerprint density at radius 1 is 0.716 bits per heavy atom. The maximum Gasteiger partial charge on any atom is 0.306 e. The van der Waals surface area contributed by atoms with E-state index in [9.17, 15) is 48.9 Å². The van der Waals surface area contributed by atoms with Gasteiger partial charge in [-0.05, 0) is 74.9 Å². The number of carbonyl (C=O) groups excluding carboxylic acids is 7. The molecule has 7 amide bonds. The molecule has 0 spiro atoms. The molecule has 12 rings (SSSR count). The zero-order valence-electron chi connectivity index (χ0n) is 55.2. The number of thiazole rings is 6. The number of ether oxygens (including phenoxy) is 3. The number of nitrogens with zero attached hydrogens (tertiary/aromatic N) is 8. The number of aliphatic carboxylic acids is 1. The van der Waals surface area contributed by atoms with Gasteiger partial charge in [-0.2, -0.15) is 0 Å². The molecule has 7 aromatic heterocycles. The van der Waals surface area contributed by atoms with Crippen LogP contribution in [0.4, 0.5) is 0 Å². The highest BCUT2D eigenvalue weighted by Gasteiger charge is 2.46. The number of aromatic nitrogens is 7. The number of fused-ring (bicyclic) bond motifs is 16. The number of pyridine rings is 1. The van der Waals surface area contributed by atoms with Crippen LogP contribution < -0.4 is 37.1 Å². The predicted molar refractivity (Wildman–Crippen MR) is 381 cm³/mol. The second-order valence-electron chi connectivity index (χ2n) is 24.7. The highest BCUT2D eigenvalue weighted by molar-refractivity contribution is 7.15. The molecule has 0 radical (unpaired) electrons. The predicted octanol–water partition coefficient (Wildman–Crippen LogP) is 7.50. The molecule has 1 saturated carbocycles. The normalized spacial score (nSPS) is 20.8. The molecule has 102 heavy (non-hydrogen) atoms. The molecular weight excluding hydrogens is 1430 g/mol. The molecule has 9 aromatic rings. The van der Waals surface area contributed by atoms with Crippen LogP contribution in [0.3, 0.4) is 0 Å². The van der Waals surface area contributed by atoms with Crippen LogP contribution in [0.25, 0.3) is 43.4 Å². The molecule has 3 aliphatic rings. The number of rotatable bonds is 19. The average Bonchev–Trinajstić information content (AvgIpc) is 1.52. The lowest BCUT2D eigenvalue weighted by molar-refractivity contribution is -0.143. The molecule has 8 atom stereocenters. The van der Waals surface area contributed by atoms with Gasteiger partial charge < -0.3 is 66.7 Å². The number of nitrogens with two attached hydrogens (primary N) is 1. The van der Waals surface area contributed by atoms with Gasteiger partial charge in [0.05, 0.1) is 55.5 Å². The Balaban J connectivity index is 0.894. The second kappa shape index (κ2) is 32.4. The van der Waals surface area contributed by atoms with E-state index in [4.69, 9.17) is 39.9 Å². The van der Waals surface area contributed by atoms with Crippen LogP contribution in [0.5, 0.6) is 5.75 Å². The van der Waals surface area contributed by atoms with Crippen molar-refractivity contribution in [2.45, 2.75) is 108 Å². The standard InChI is InChI=1S/C68H70N14O14S6/c1-32(25-94-4)95-21-20-70-51(85)26-96-39-16-10-35(11-17-39)22-43-67(91)82-24-49(83)33(2)55(82)66-79-48(31-101-66)63-75-44(27-98-63)53-40(18-19-41(72-53)62-77-45(29-99-62)57(87)71-38-14-12-37(13-15-38)68(92)93)61-76-46(28-97-61)58(88)73-42(23-50(69)84)64-81-52(34(3)102-64)60(90)80-54(56(86)36-8-6-5-7-9-36)65-78-47(30-100-65)59(89)74-43/h5-11,16-19,27-33,37-38,42-43,49,54-56,83,86H,12-15,20-26H2,1-4H3,(H2,69,84)(H,70,85)(H,71,87)(H,73,88)(H,74,89)(H,80,90)(H,92,93)/t32?,33-,37?,38?,42-,43-,49-,54-,55-,56+/m0/s1. The summed E-state index contributed by atoms with van der Waals surface area (Å²) in [5, 5.41) is 57.8. The van der Waals surface area contributed by atoms with Gasteiger partial charge in [0.1, 0.15) is 93.8 Å². The summed E-state index contributed by atoms with van der Waals surface area (Å²) >= 11 is 6.84. The minimum atomic E-state index is -1.44. The Morgan fingerprint density at radius 2 is 1.38 bits per heavy atom. The van der Waals surface area contributed by atoms with Crippen molar-refractivity contribution in [2.24, 2.45) is 17.6 Å². The molecule has 10 N–H and O–H groups in total. The van der Waals surface area contributed by atoms with E-state index in [-0.39, 0.29) is 83.6 Å². The fraction of sp³-hybridized carbons (Fsp3) is 0.368. The number of amides is 7. The zero-order chi connectivity index (χ0) is 71.9. The van der Waals surface area contributed by atoms with Gasteiger partial charge in [0.2, 0.25) is 11.8 Å². The van der Waals surface area contributed by atoms with Gasteiger partial charge >= 0.3 is 5.97 Å². The Morgan fingerprint density at radius 3 is 2.13 bits per heavy atom. The van der Waals surface area contributed by atoms with Crippen molar-refractivity contribution in [1.29, 1.82) is 0 Å². The molecule has 1 saturated heterocycles. The Hall–Kier alpha value is -9.23. The Kier molecular flexibility index (Phi) is 23.0. The largest absolute Gasteiger partial charge is 0.484 e. The van der Waals surface area contributed by atoms with Crippen molar-refractivity contribution in [3.8, 4) is 49.1 Å². The van der Waals surface area contributed by atoms with E-state index >= 15 is 4.79 Å². The smallest absolute Gasteiger partial charge is 0.306 e. The number of hydrogen-bond acceptors (Lipinski definition) is 26. The molecule has 2 fully saturated rings. The van der Waals surface area contributed by atoms with Crippen LogP contribution in [0, 0.1) is 18.8 Å². The van der Waals surface area contributed by atoms with E-state index in [0.717, 1.165) is 34.0 Å².